The standard InChI is InChI=1S/C20H28N4O5S/c1-15(19-11-14-28-21-19)23(4)20(25)16-5-7-17(8-6-16)29-18-9-12-24(13-10-18)30(26,27)22(2)3/h5-8,11,14-15,18H,9-10,12-13H2,1-4H3. The molecule has 0 aliphatic carbocycles. The fourth-order valence-electron chi connectivity index (χ4n) is 3.30. The first-order valence-electron chi connectivity index (χ1n) is 9.82. The summed E-state index contributed by atoms with van der Waals surface area (Å²) in [7, 11) is 1.40. The fourth-order valence-corrected chi connectivity index (χ4v) is 4.43. The van der Waals surface area contributed by atoms with Crippen molar-refractivity contribution in [3.8, 4) is 5.75 Å². The molecule has 2 heterocycles. The van der Waals surface area contributed by atoms with Gasteiger partial charge in [0.15, 0.2) is 0 Å². The van der Waals surface area contributed by atoms with Gasteiger partial charge in [0.05, 0.1) is 6.04 Å². The van der Waals surface area contributed by atoms with E-state index >= 15 is 0 Å². The molecule has 0 bridgehead atoms. The molecule has 1 fully saturated rings. The maximum Gasteiger partial charge on any atom is 0.281 e. The van der Waals surface area contributed by atoms with Crippen LogP contribution in [0.5, 0.6) is 5.75 Å². The van der Waals surface area contributed by atoms with Gasteiger partial charge in [0.1, 0.15) is 23.8 Å². The molecule has 164 valence electrons. The molecule has 1 amide bonds. The molecule has 2 aromatic rings. The van der Waals surface area contributed by atoms with Crippen molar-refractivity contribution in [2.24, 2.45) is 0 Å². The minimum atomic E-state index is -3.38. The van der Waals surface area contributed by atoms with Crippen molar-refractivity contribution < 1.29 is 22.5 Å². The van der Waals surface area contributed by atoms with E-state index in [4.69, 9.17) is 9.26 Å². The number of carbonyl (C=O) groups excluding carboxylic acids is 1. The van der Waals surface area contributed by atoms with Crippen LogP contribution in [-0.2, 0) is 10.2 Å². The van der Waals surface area contributed by atoms with Crippen LogP contribution < -0.4 is 4.74 Å². The molecule has 0 spiro atoms. The van der Waals surface area contributed by atoms with Gasteiger partial charge in [-0.1, -0.05) is 5.16 Å². The molecule has 0 N–H and O–H groups in total. The average Bonchev–Trinajstić information content (AvgIpc) is 3.28. The van der Waals surface area contributed by atoms with Crippen LogP contribution in [0, 0.1) is 0 Å². The average molecular weight is 437 g/mol. The van der Waals surface area contributed by atoms with E-state index in [0.717, 1.165) is 0 Å². The largest absolute Gasteiger partial charge is 0.490 e. The summed E-state index contributed by atoms with van der Waals surface area (Å²) in [5.41, 5.74) is 1.24. The Bertz CT molecular complexity index is 936. The summed E-state index contributed by atoms with van der Waals surface area (Å²) in [6.07, 6.45) is 2.66. The predicted molar refractivity (Wildman–Crippen MR) is 111 cm³/mol. The smallest absolute Gasteiger partial charge is 0.281 e. The molecule has 0 radical (unpaired) electrons. The molecule has 1 aliphatic heterocycles. The number of carbonyl (C=O) groups is 1. The van der Waals surface area contributed by atoms with E-state index in [2.05, 4.69) is 5.16 Å². The van der Waals surface area contributed by atoms with Gasteiger partial charge in [-0.2, -0.15) is 17.0 Å². The summed E-state index contributed by atoms with van der Waals surface area (Å²) in [6.45, 7) is 2.73. The number of rotatable bonds is 7. The lowest BCUT2D eigenvalue weighted by Gasteiger charge is -2.32. The number of aromatic nitrogens is 1. The normalized spacial score (nSPS) is 17.1. The highest BCUT2D eigenvalue weighted by Gasteiger charge is 2.30. The molecule has 1 unspecified atom stereocenters. The fraction of sp³-hybridized carbons (Fsp3) is 0.500. The molecule has 1 aromatic heterocycles. The van der Waals surface area contributed by atoms with Crippen LogP contribution in [0.4, 0.5) is 0 Å². The SMILES string of the molecule is CC(c1ccon1)N(C)C(=O)c1ccc(OC2CCN(S(=O)(=O)N(C)C)CC2)cc1. The molecule has 3 rings (SSSR count). The Morgan fingerprint density at radius 2 is 1.80 bits per heavy atom. The zero-order valence-corrected chi connectivity index (χ0v) is 18.5. The lowest BCUT2D eigenvalue weighted by molar-refractivity contribution is 0.0737. The monoisotopic (exact) mass is 436 g/mol. The third kappa shape index (κ3) is 4.82. The molecular weight excluding hydrogens is 408 g/mol. The van der Waals surface area contributed by atoms with Crippen LogP contribution in [-0.4, -0.2) is 73.3 Å². The highest BCUT2D eigenvalue weighted by Crippen LogP contribution is 2.23. The van der Waals surface area contributed by atoms with Crippen LogP contribution >= 0.6 is 0 Å². The summed E-state index contributed by atoms with van der Waals surface area (Å²) >= 11 is 0. The van der Waals surface area contributed by atoms with E-state index in [9.17, 15) is 13.2 Å². The van der Waals surface area contributed by atoms with Crippen molar-refractivity contribution in [1.29, 1.82) is 0 Å². The molecule has 1 aliphatic rings. The quantitative estimate of drug-likeness (QED) is 0.660. The number of ether oxygens (including phenoxy) is 1. The van der Waals surface area contributed by atoms with Crippen LogP contribution in [0.1, 0.15) is 41.9 Å². The Hall–Kier alpha value is -2.43. The second-order valence-electron chi connectivity index (χ2n) is 7.55. The molecule has 30 heavy (non-hydrogen) atoms. The van der Waals surface area contributed by atoms with Gasteiger partial charge in [-0.25, -0.2) is 0 Å². The first-order valence-corrected chi connectivity index (χ1v) is 11.2. The summed E-state index contributed by atoms with van der Waals surface area (Å²) in [4.78, 5) is 14.3. The van der Waals surface area contributed by atoms with Crippen molar-refractivity contribution in [3.63, 3.8) is 0 Å². The first kappa shape index (κ1) is 22.3. The highest BCUT2D eigenvalue weighted by molar-refractivity contribution is 7.86. The van der Waals surface area contributed by atoms with Crippen molar-refractivity contribution >= 4 is 16.1 Å². The predicted octanol–water partition coefficient (Wildman–Crippen LogP) is 2.16. The van der Waals surface area contributed by atoms with Gasteiger partial charge < -0.3 is 14.2 Å². The number of hydrogen-bond donors (Lipinski definition) is 0. The Morgan fingerprint density at radius 3 is 2.33 bits per heavy atom. The van der Waals surface area contributed by atoms with Gasteiger partial charge in [-0.3, -0.25) is 4.79 Å². The van der Waals surface area contributed by atoms with E-state index in [-0.39, 0.29) is 18.1 Å². The third-order valence-electron chi connectivity index (χ3n) is 5.38. The van der Waals surface area contributed by atoms with E-state index in [1.54, 1.807) is 42.3 Å². The second-order valence-corrected chi connectivity index (χ2v) is 9.69. The Balaban J connectivity index is 1.56. The first-order chi connectivity index (χ1) is 14.2. The summed E-state index contributed by atoms with van der Waals surface area (Å²) in [6, 6.07) is 8.52. The third-order valence-corrected chi connectivity index (χ3v) is 7.32. The van der Waals surface area contributed by atoms with Crippen molar-refractivity contribution in [2.45, 2.75) is 31.9 Å². The van der Waals surface area contributed by atoms with Crippen LogP contribution in [0.2, 0.25) is 0 Å². The maximum absolute atomic E-state index is 12.7. The molecule has 1 atom stereocenters. The lowest BCUT2D eigenvalue weighted by Crippen LogP contribution is -2.46. The van der Waals surface area contributed by atoms with Gasteiger partial charge in [-0.15, -0.1) is 0 Å². The van der Waals surface area contributed by atoms with Gasteiger partial charge in [0.25, 0.3) is 16.1 Å². The molecular formula is C20H28N4O5S. The molecule has 0 saturated carbocycles. The van der Waals surface area contributed by atoms with Crippen LogP contribution in [0.15, 0.2) is 41.1 Å². The minimum Gasteiger partial charge on any atom is -0.490 e. The molecule has 10 heteroatoms. The van der Waals surface area contributed by atoms with Crippen molar-refractivity contribution in [1.82, 2.24) is 18.7 Å². The Morgan fingerprint density at radius 1 is 1.17 bits per heavy atom. The summed E-state index contributed by atoms with van der Waals surface area (Å²) in [5.74, 6) is 0.534. The van der Waals surface area contributed by atoms with Gasteiger partial charge in [0, 0.05) is 45.9 Å². The maximum atomic E-state index is 12.7. The Kier molecular flexibility index (Phi) is 6.79. The minimum absolute atomic E-state index is 0.0602. The topological polar surface area (TPSA) is 96.2 Å². The van der Waals surface area contributed by atoms with Gasteiger partial charge in [-0.05, 0) is 44.0 Å². The summed E-state index contributed by atoms with van der Waals surface area (Å²) in [5, 5.41) is 3.89. The van der Waals surface area contributed by atoms with Crippen LogP contribution in [0.3, 0.4) is 0 Å². The van der Waals surface area contributed by atoms with E-state index in [1.807, 2.05) is 6.92 Å². The van der Waals surface area contributed by atoms with Crippen LogP contribution in [0.25, 0.3) is 0 Å². The number of amides is 1. The number of hydrogen-bond acceptors (Lipinski definition) is 6. The lowest BCUT2D eigenvalue weighted by atomic mass is 10.1. The van der Waals surface area contributed by atoms with E-state index < -0.39 is 10.2 Å². The van der Waals surface area contributed by atoms with Crippen molar-refractivity contribution in [3.05, 3.63) is 47.9 Å². The molecule has 1 saturated heterocycles. The van der Waals surface area contributed by atoms with E-state index in [1.165, 1.54) is 29.0 Å². The molecule has 1 aromatic carbocycles. The molecule has 9 nitrogen and oxygen atoms in total. The summed E-state index contributed by atoms with van der Waals surface area (Å²) < 4.78 is 37.9. The van der Waals surface area contributed by atoms with Gasteiger partial charge in [0.2, 0.25) is 0 Å². The van der Waals surface area contributed by atoms with Gasteiger partial charge >= 0.3 is 0 Å². The number of nitrogens with zero attached hydrogens (tertiary/aromatic N) is 4. The second kappa shape index (κ2) is 9.15. The van der Waals surface area contributed by atoms with Crippen molar-refractivity contribution in [2.75, 3.05) is 34.2 Å². The Labute approximate surface area is 177 Å². The number of benzene rings is 1. The van der Waals surface area contributed by atoms with E-state index in [0.29, 0.717) is 42.9 Å². The zero-order valence-electron chi connectivity index (χ0n) is 17.7. The highest BCUT2D eigenvalue weighted by atomic mass is 32.2. The zero-order chi connectivity index (χ0) is 21.9. The number of piperidine rings is 1.